The summed E-state index contributed by atoms with van der Waals surface area (Å²) in [4.78, 5) is 10.8. The van der Waals surface area contributed by atoms with Crippen molar-refractivity contribution in [1.82, 2.24) is 10.7 Å². The van der Waals surface area contributed by atoms with Gasteiger partial charge in [0.1, 0.15) is 0 Å². The molecule has 0 aliphatic heterocycles. The van der Waals surface area contributed by atoms with E-state index in [1.165, 1.54) is 6.92 Å². The Morgan fingerprint density at radius 1 is 1.39 bits per heavy atom. The van der Waals surface area contributed by atoms with Gasteiger partial charge in [-0.05, 0) is 36.8 Å². The molecule has 0 heterocycles. The Hall–Kier alpha value is -1.95. The lowest BCUT2D eigenvalue weighted by Crippen LogP contribution is -2.31. The Kier molecular flexibility index (Phi) is 5.79. The van der Waals surface area contributed by atoms with Gasteiger partial charge in [-0.25, -0.2) is 0 Å². The minimum absolute atomic E-state index is 0.0888. The lowest BCUT2D eigenvalue weighted by molar-refractivity contribution is -0.114. The van der Waals surface area contributed by atoms with Crippen LogP contribution in [0.5, 0.6) is 0 Å². The number of hydrazone groups is 1. The van der Waals surface area contributed by atoms with Crippen LogP contribution in [0, 0.1) is 0 Å². The van der Waals surface area contributed by atoms with Gasteiger partial charge in [-0.3, -0.25) is 10.2 Å². The molecule has 0 aliphatic carbocycles. The number of amides is 1. The minimum Gasteiger partial charge on any atom is -0.362 e. The molecule has 0 spiro atoms. The molecular weight excluding hydrogens is 248 g/mol. The van der Waals surface area contributed by atoms with E-state index in [0.717, 1.165) is 17.8 Å². The standard InChI is InChI=1S/C12H16N4OS/c1-3-13-12(18)16-14-8-10-4-6-11(7-5-10)15-9(2)17/h4-8H,3H2,1-2H3,(H,15,17)(H2,13,16,18)/b14-8+. The van der Waals surface area contributed by atoms with Crippen LogP contribution >= 0.6 is 12.2 Å². The number of thiocarbonyl (C=S) groups is 1. The molecule has 0 saturated carbocycles. The van der Waals surface area contributed by atoms with E-state index in [1.54, 1.807) is 6.21 Å². The maximum absolute atomic E-state index is 10.8. The second kappa shape index (κ2) is 7.39. The molecule has 0 atom stereocenters. The van der Waals surface area contributed by atoms with Crippen LogP contribution < -0.4 is 16.1 Å². The third-order valence-corrected chi connectivity index (χ3v) is 2.18. The van der Waals surface area contributed by atoms with Crippen LogP contribution in [-0.4, -0.2) is 23.8 Å². The molecule has 18 heavy (non-hydrogen) atoms. The van der Waals surface area contributed by atoms with Crippen molar-refractivity contribution in [2.75, 3.05) is 11.9 Å². The molecule has 0 radical (unpaired) electrons. The summed E-state index contributed by atoms with van der Waals surface area (Å²) in [5.74, 6) is -0.0888. The van der Waals surface area contributed by atoms with Crippen LogP contribution in [0.4, 0.5) is 5.69 Å². The number of carbonyl (C=O) groups is 1. The van der Waals surface area contributed by atoms with Gasteiger partial charge in [-0.2, -0.15) is 5.10 Å². The maximum atomic E-state index is 10.8. The van der Waals surface area contributed by atoms with E-state index < -0.39 is 0 Å². The lowest BCUT2D eigenvalue weighted by Gasteiger charge is -2.03. The lowest BCUT2D eigenvalue weighted by atomic mass is 10.2. The zero-order valence-electron chi connectivity index (χ0n) is 10.4. The number of anilines is 1. The van der Waals surface area contributed by atoms with Crippen LogP contribution in [0.2, 0.25) is 0 Å². The maximum Gasteiger partial charge on any atom is 0.221 e. The Morgan fingerprint density at radius 3 is 2.61 bits per heavy atom. The first kappa shape index (κ1) is 14.1. The van der Waals surface area contributed by atoms with Crippen molar-refractivity contribution in [3.05, 3.63) is 29.8 Å². The number of hydrogen-bond donors (Lipinski definition) is 3. The highest BCUT2D eigenvalue weighted by Gasteiger charge is 1.94. The largest absolute Gasteiger partial charge is 0.362 e. The average molecular weight is 264 g/mol. The smallest absolute Gasteiger partial charge is 0.221 e. The first-order valence-corrected chi connectivity index (χ1v) is 5.97. The Labute approximate surface area is 112 Å². The molecule has 96 valence electrons. The third kappa shape index (κ3) is 5.40. The molecule has 1 aromatic rings. The summed E-state index contributed by atoms with van der Waals surface area (Å²) < 4.78 is 0. The molecule has 0 bridgehead atoms. The van der Waals surface area contributed by atoms with Crippen LogP contribution in [0.1, 0.15) is 19.4 Å². The summed E-state index contributed by atoms with van der Waals surface area (Å²) in [6, 6.07) is 7.33. The summed E-state index contributed by atoms with van der Waals surface area (Å²) >= 11 is 4.95. The minimum atomic E-state index is -0.0888. The van der Waals surface area contributed by atoms with Gasteiger partial charge in [-0.15, -0.1) is 0 Å². The summed E-state index contributed by atoms with van der Waals surface area (Å²) in [6.45, 7) is 4.19. The molecule has 0 fully saturated rings. The summed E-state index contributed by atoms with van der Waals surface area (Å²) in [6.07, 6.45) is 1.65. The van der Waals surface area contributed by atoms with Crippen LogP contribution in [0.3, 0.4) is 0 Å². The number of rotatable bonds is 4. The fraction of sp³-hybridized carbons (Fsp3) is 0.250. The molecule has 5 nitrogen and oxygen atoms in total. The van der Waals surface area contributed by atoms with E-state index >= 15 is 0 Å². The van der Waals surface area contributed by atoms with Crippen molar-refractivity contribution < 1.29 is 4.79 Å². The van der Waals surface area contributed by atoms with Gasteiger partial charge < -0.3 is 10.6 Å². The van der Waals surface area contributed by atoms with Crippen molar-refractivity contribution in [1.29, 1.82) is 0 Å². The third-order valence-electron chi connectivity index (χ3n) is 1.95. The Bertz CT molecular complexity index is 442. The number of carbonyl (C=O) groups excluding carboxylic acids is 1. The van der Waals surface area contributed by atoms with E-state index in [4.69, 9.17) is 12.2 Å². The van der Waals surface area contributed by atoms with Crippen molar-refractivity contribution >= 4 is 35.1 Å². The Morgan fingerprint density at radius 2 is 2.06 bits per heavy atom. The quantitative estimate of drug-likeness (QED) is 0.438. The molecule has 1 amide bonds. The van der Waals surface area contributed by atoms with Gasteiger partial charge in [0.05, 0.1) is 6.21 Å². The number of hydrogen-bond acceptors (Lipinski definition) is 3. The zero-order chi connectivity index (χ0) is 13.4. The molecule has 0 aliphatic rings. The fourth-order valence-corrected chi connectivity index (χ4v) is 1.42. The molecule has 0 saturated heterocycles. The van der Waals surface area contributed by atoms with Crippen LogP contribution in [-0.2, 0) is 4.79 Å². The second-order valence-corrected chi connectivity index (χ2v) is 3.94. The van der Waals surface area contributed by atoms with E-state index in [-0.39, 0.29) is 5.91 Å². The predicted molar refractivity (Wildman–Crippen MR) is 77.8 cm³/mol. The fourth-order valence-electron chi connectivity index (χ4n) is 1.22. The van der Waals surface area contributed by atoms with Crippen LogP contribution in [0.15, 0.2) is 29.4 Å². The van der Waals surface area contributed by atoms with Crippen molar-refractivity contribution in [2.45, 2.75) is 13.8 Å². The molecule has 0 aromatic heterocycles. The first-order valence-electron chi connectivity index (χ1n) is 5.56. The highest BCUT2D eigenvalue weighted by atomic mass is 32.1. The first-order chi connectivity index (χ1) is 8.61. The summed E-state index contributed by atoms with van der Waals surface area (Å²) in [5.41, 5.74) is 4.37. The van der Waals surface area contributed by atoms with Crippen molar-refractivity contribution in [2.24, 2.45) is 5.10 Å². The molecule has 0 unspecified atom stereocenters. The molecule has 3 N–H and O–H groups in total. The molecule has 6 heteroatoms. The molecule has 1 aromatic carbocycles. The molecular formula is C12H16N4OS. The summed E-state index contributed by atoms with van der Waals surface area (Å²) in [7, 11) is 0. The van der Waals surface area contributed by atoms with Gasteiger partial charge in [0.25, 0.3) is 0 Å². The topological polar surface area (TPSA) is 65.5 Å². The Balaban J connectivity index is 2.50. The van der Waals surface area contributed by atoms with E-state index in [1.807, 2.05) is 31.2 Å². The van der Waals surface area contributed by atoms with Crippen molar-refractivity contribution in [3.8, 4) is 0 Å². The van der Waals surface area contributed by atoms with E-state index in [0.29, 0.717) is 5.11 Å². The van der Waals surface area contributed by atoms with Gasteiger partial charge in [0.2, 0.25) is 5.91 Å². The average Bonchev–Trinajstić information content (AvgIpc) is 2.31. The summed E-state index contributed by atoms with van der Waals surface area (Å²) in [5, 5.41) is 10.1. The normalized spacial score (nSPS) is 10.1. The number of nitrogens with one attached hydrogen (secondary N) is 3. The zero-order valence-corrected chi connectivity index (χ0v) is 11.2. The second-order valence-electron chi connectivity index (χ2n) is 3.53. The van der Waals surface area contributed by atoms with Gasteiger partial charge >= 0.3 is 0 Å². The van der Waals surface area contributed by atoms with Gasteiger partial charge in [-0.1, -0.05) is 12.1 Å². The number of benzene rings is 1. The monoisotopic (exact) mass is 264 g/mol. The predicted octanol–water partition coefficient (Wildman–Crippen LogP) is 1.46. The SMILES string of the molecule is CCNC(=S)N/N=C/c1ccc(NC(C)=O)cc1. The highest BCUT2D eigenvalue weighted by Crippen LogP contribution is 2.07. The molecule has 1 rings (SSSR count). The van der Waals surface area contributed by atoms with Crippen LogP contribution in [0.25, 0.3) is 0 Å². The van der Waals surface area contributed by atoms with Gasteiger partial charge in [0, 0.05) is 19.2 Å². The van der Waals surface area contributed by atoms with E-state index in [9.17, 15) is 4.79 Å². The van der Waals surface area contributed by atoms with Crippen molar-refractivity contribution in [3.63, 3.8) is 0 Å². The van der Waals surface area contributed by atoms with E-state index in [2.05, 4.69) is 21.2 Å². The number of nitrogens with zero attached hydrogens (tertiary/aromatic N) is 1. The van der Waals surface area contributed by atoms with Gasteiger partial charge in [0.15, 0.2) is 5.11 Å². The highest BCUT2D eigenvalue weighted by molar-refractivity contribution is 7.80.